The Balaban J connectivity index is 2.41. The molecule has 0 bridgehead atoms. The molecule has 0 aliphatic carbocycles. The van der Waals surface area contributed by atoms with Crippen LogP contribution in [0.15, 0.2) is 60.2 Å². The van der Waals surface area contributed by atoms with Crippen LogP contribution in [-0.2, 0) is 14.3 Å². The third kappa shape index (κ3) is 4.69. The molecule has 2 aromatic carbocycles. The lowest BCUT2D eigenvalue weighted by Gasteiger charge is -2.05. The van der Waals surface area contributed by atoms with Crippen LogP contribution in [0.2, 0.25) is 0 Å². The third-order valence-electron chi connectivity index (χ3n) is 3.25. The molecule has 0 saturated heterocycles. The first-order valence-corrected chi connectivity index (χ1v) is 7.67. The zero-order valence-electron chi connectivity index (χ0n) is 13.7. The summed E-state index contributed by atoms with van der Waals surface area (Å²) in [6.45, 7) is 3.27. The molecule has 0 atom stereocenters. The molecular formula is C21H18O3. The van der Waals surface area contributed by atoms with E-state index in [0.717, 1.165) is 11.1 Å². The van der Waals surface area contributed by atoms with E-state index in [0.29, 0.717) is 5.56 Å². The lowest BCUT2D eigenvalue weighted by Crippen LogP contribution is -2.13. The predicted octanol–water partition coefficient (Wildman–Crippen LogP) is 3.62. The molecular weight excluding hydrogens is 300 g/mol. The maximum atomic E-state index is 11.9. The van der Waals surface area contributed by atoms with E-state index in [-0.39, 0.29) is 18.0 Å². The Hall–Kier alpha value is -3.12. The van der Waals surface area contributed by atoms with Gasteiger partial charge >= 0.3 is 5.97 Å². The van der Waals surface area contributed by atoms with E-state index in [1.807, 2.05) is 54.6 Å². The molecule has 0 aliphatic heterocycles. The second-order valence-corrected chi connectivity index (χ2v) is 5.04. The van der Waals surface area contributed by atoms with E-state index in [2.05, 4.69) is 11.8 Å². The average molecular weight is 318 g/mol. The molecule has 3 heteroatoms. The zero-order valence-corrected chi connectivity index (χ0v) is 13.7. The molecule has 0 unspecified atom stereocenters. The van der Waals surface area contributed by atoms with Crippen LogP contribution in [0.1, 0.15) is 30.5 Å². The van der Waals surface area contributed by atoms with Gasteiger partial charge in [-0.1, -0.05) is 48.2 Å². The molecule has 0 spiro atoms. The normalized spacial score (nSPS) is 10.5. The van der Waals surface area contributed by atoms with Crippen molar-refractivity contribution in [3.63, 3.8) is 0 Å². The molecule has 120 valence electrons. The van der Waals surface area contributed by atoms with E-state index in [4.69, 9.17) is 4.74 Å². The van der Waals surface area contributed by atoms with Crippen LogP contribution in [0.25, 0.3) is 6.08 Å². The lowest BCUT2D eigenvalue weighted by atomic mass is 10.0. The van der Waals surface area contributed by atoms with E-state index >= 15 is 0 Å². The number of carbonyl (C=O) groups excluding carboxylic acids is 2. The van der Waals surface area contributed by atoms with Gasteiger partial charge in [0.15, 0.2) is 5.78 Å². The molecule has 0 heterocycles. The van der Waals surface area contributed by atoms with Crippen LogP contribution >= 0.6 is 0 Å². The van der Waals surface area contributed by atoms with Crippen LogP contribution in [0.3, 0.4) is 0 Å². The van der Waals surface area contributed by atoms with E-state index in [1.165, 1.54) is 13.0 Å². The van der Waals surface area contributed by atoms with Crippen molar-refractivity contribution in [2.75, 3.05) is 6.61 Å². The quantitative estimate of drug-likeness (QED) is 0.284. The van der Waals surface area contributed by atoms with Gasteiger partial charge in [-0.25, -0.2) is 4.79 Å². The van der Waals surface area contributed by atoms with Crippen molar-refractivity contribution in [1.29, 1.82) is 0 Å². The second-order valence-electron chi connectivity index (χ2n) is 5.04. The Kier molecular flexibility index (Phi) is 6.10. The van der Waals surface area contributed by atoms with Gasteiger partial charge in [0.2, 0.25) is 0 Å². The summed E-state index contributed by atoms with van der Waals surface area (Å²) in [5, 5.41) is 0. The highest BCUT2D eigenvalue weighted by Gasteiger charge is 2.16. The van der Waals surface area contributed by atoms with Crippen LogP contribution in [0.5, 0.6) is 0 Å². The number of ether oxygens (including phenoxy) is 1. The lowest BCUT2D eigenvalue weighted by molar-refractivity contribution is -0.139. The fourth-order valence-corrected chi connectivity index (χ4v) is 2.07. The monoisotopic (exact) mass is 318 g/mol. The van der Waals surface area contributed by atoms with Gasteiger partial charge < -0.3 is 4.74 Å². The first kappa shape index (κ1) is 17.2. The summed E-state index contributed by atoms with van der Waals surface area (Å²) in [5.41, 5.74) is 2.36. The maximum absolute atomic E-state index is 11.9. The molecule has 0 N–H and O–H groups in total. The van der Waals surface area contributed by atoms with E-state index in [9.17, 15) is 9.59 Å². The van der Waals surface area contributed by atoms with Gasteiger partial charge in [0, 0.05) is 11.1 Å². The summed E-state index contributed by atoms with van der Waals surface area (Å²) in [4.78, 5) is 23.7. The minimum Gasteiger partial charge on any atom is -0.462 e. The summed E-state index contributed by atoms with van der Waals surface area (Å²) < 4.78 is 4.94. The van der Waals surface area contributed by atoms with Gasteiger partial charge in [0.05, 0.1) is 6.61 Å². The largest absolute Gasteiger partial charge is 0.462 e. The van der Waals surface area contributed by atoms with Crippen molar-refractivity contribution in [2.24, 2.45) is 0 Å². The molecule has 2 aromatic rings. The first-order valence-electron chi connectivity index (χ1n) is 7.67. The molecule has 0 radical (unpaired) electrons. The summed E-state index contributed by atoms with van der Waals surface area (Å²) in [7, 11) is 0. The van der Waals surface area contributed by atoms with Crippen molar-refractivity contribution in [2.45, 2.75) is 13.8 Å². The Bertz CT molecular complexity index is 821. The Morgan fingerprint density at radius 1 is 1.00 bits per heavy atom. The minimum absolute atomic E-state index is 0.0193. The Morgan fingerprint density at radius 2 is 1.67 bits per heavy atom. The summed E-state index contributed by atoms with van der Waals surface area (Å²) in [5.74, 6) is 5.22. The van der Waals surface area contributed by atoms with Crippen molar-refractivity contribution in [1.82, 2.24) is 0 Å². The van der Waals surface area contributed by atoms with Gasteiger partial charge in [0.1, 0.15) is 5.57 Å². The molecule has 0 amide bonds. The van der Waals surface area contributed by atoms with Crippen molar-refractivity contribution in [3.8, 4) is 11.8 Å². The van der Waals surface area contributed by atoms with Crippen LogP contribution in [-0.4, -0.2) is 18.4 Å². The van der Waals surface area contributed by atoms with Crippen molar-refractivity contribution < 1.29 is 14.3 Å². The van der Waals surface area contributed by atoms with Gasteiger partial charge in [0.25, 0.3) is 0 Å². The number of ketones is 1. The van der Waals surface area contributed by atoms with E-state index < -0.39 is 5.97 Å². The molecule has 0 fully saturated rings. The first-order chi connectivity index (χ1) is 11.6. The number of Topliss-reactive ketones (excluding diaryl/α,β-unsaturated/α-hetero) is 1. The topological polar surface area (TPSA) is 43.4 Å². The summed E-state index contributed by atoms with van der Waals surface area (Å²) in [6.07, 6.45) is 1.54. The van der Waals surface area contributed by atoms with Crippen molar-refractivity contribution >= 4 is 17.8 Å². The Morgan fingerprint density at radius 3 is 2.33 bits per heavy atom. The van der Waals surface area contributed by atoms with Gasteiger partial charge in [-0.3, -0.25) is 4.79 Å². The zero-order chi connectivity index (χ0) is 17.4. The summed E-state index contributed by atoms with van der Waals surface area (Å²) >= 11 is 0. The van der Waals surface area contributed by atoms with Gasteiger partial charge in [-0.15, -0.1) is 0 Å². The smallest absolute Gasteiger partial charge is 0.341 e. The molecule has 0 saturated carbocycles. The minimum atomic E-state index is -0.615. The number of carbonyl (C=O) groups is 2. The highest BCUT2D eigenvalue weighted by Crippen LogP contribution is 2.14. The number of hydrogen-bond acceptors (Lipinski definition) is 3. The maximum Gasteiger partial charge on any atom is 0.341 e. The fraction of sp³-hybridized carbons (Fsp3) is 0.143. The van der Waals surface area contributed by atoms with Gasteiger partial charge in [-0.2, -0.15) is 0 Å². The molecule has 3 nitrogen and oxygen atoms in total. The standard InChI is InChI=1S/C21H18O3/c1-3-24-21(23)20(16(2)22)15-19-12-8-7-11-18(19)14-13-17-9-5-4-6-10-17/h4-12,15H,3H2,1-2H3/b20-15+. The second kappa shape index (κ2) is 8.50. The van der Waals surface area contributed by atoms with Crippen LogP contribution in [0, 0.1) is 11.8 Å². The van der Waals surface area contributed by atoms with Crippen LogP contribution < -0.4 is 0 Å². The molecule has 0 aromatic heterocycles. The summed E-state index contributed by atoms with van der Waals surface area (Å²) in [6, 6.07) is 17.0. The highest BCUT2D eigenvalue weighted by molar-refractivity contribution is 6.19. The number of rotatable bonds is 4. The third-order valence-corrected chi connectivity index (χ3v) is 3.25. The fourth-order valence-electron chi connectivity index (χ4n) is 2.07. The molecule has 0 aliphatic rings. The number of esters is 1. The highest BCUT2D eigenvalue weighted by atomic mass is 16.5. The average Bonchev–Trinajstić information content (AvgIpc) is 2.59. The Labute approximate surface area is 142 Å². The van der Waals surface area contributed by atoms with Crippen molar-refractivity contribution in [3.05, 3.63) is 76.9 Å². The van der Waals surface area contributed by atoms with E-state index in [1.54, 1.807) is 6.92 Å². The number of benzene rings is 2. The predicted molar refractivity (Wildman–Crippen MR) is 94.2 cm³/mol. The number of hydrogen-bond donors (Lipinski definition) is 0. The SMILES string of the molecule is CCOC(=O)/C(=C/c1ccccc1C#Cc1ccccc1)C(C)=O. The van der Waals surface area contributed by atoms with Gasteiger partial charge in [-0.05, 0) is 43.7 Å². The molecule has 2 rings (SSSR count). The molecule has 24 heavy (non-hydrogen) atoms. The van der Waals surface area contributed by atoms with Crippen LogP contribution in [0.4, 0.5) is 0 Å².